The van der Waals surface area contributed by atoms with Crippen molar-refractivity contribution in [3.63, 3.8) is 0 Å². The molecule has 0 N–H and O–H groups in total. The van der Waals surface area contributed by atoms with Crippen molar-refractivity contribution in [1.82, 2.24) is 0 Å². The summed E-state index contributed by atoms with van der Waals surface area (Å²) in [5.41, 5.74) is 3.69. The Hall–Kier alpha value is -2.08. The molecule has 140 valence electrons. The first kappa shape index (κ1) is 27.8. The van der Waals surface area contributed by atoms with Gasteiger partial charge in [0, 0.05) is 0 Å². The summed E-state index contributed by atoms with van der Waals surface area (Å²) in [7, 11) is 0. The number of allylic oxidation sites excluding steroid dienone is 1. The van der Waals surface area contributed by atoms with E-state index < -0.39 is 0 Å². The third-order valence-electron chi connectivity index (χ3n) is 2.56. The van der Waals surface area contributed by atoms with Crippen LogP contribution in [-0.4, -0.2) is 0 Å². The van der Waals surface area contributed by atoms with Gasteiger partial charge < -0.3 is 0 Å². The number of benzene rings is 2. The van der Waals surface area contributed by atoms with Gasteiger partial charge in [-0.25, -0.2) is 0 Å². The van der Waals surface area contributed by atoms with E-state index in [0.717, 1.165) is 0 Å². The average molecular weight is 341 g/mol. The molecular formula is C25H40. The second kappa shape index (κ2) is 24.2. The Morgan fingerprint density at radius 1 is 0.440 bits per heavy atom. The van der Waals surface area contributed by atoms with Gasteiger partial charge in [0.1, 0.15) is 0 Å². The maximum Gasteiger partial charge on any atom is -0.0256 e. The Balaban J connectivity index is -0.000000533. The molecule has 0 aliphatic rings. The van der Waals surface area contributed by atoms with E-state index in [0.29, 0.717) is 0 Å². The van der Waals surface area contributed by atoms with Crippen LogP contribution in [0.2, 0.25) is 0 Å². The summed E-state index contributed by atoms with van der Waals surface area (Å²) in [6.07, 6.45) is 8.42. The molecule has 25 heavy (non-hydrogen) atoms. The van der Waals surface area contributed by atoms with E-state index in [1.807, 2.05) is 68.4 Å². The van der Waals surface area contributed by atoms with Crippen molar-refractivity contribution < 1.29 is 0 Å². The van der Waals surface area contributed by atoms with Gasteiger partial charge in [0.05, 0.1) is 0 Å². The molecule has 0 nitrogen and oxygen atoms in total. The molecule has 0 fully saturated rings. The molecule has 2 aromatic rings. The minimum atomic E-state index is 1.22. The maximum absolute atomic E-state index is 2.13. The lowest BCUT2D eigenvalue weighted by atomic mass is 10.1. The van der Waals surface area contributed by atoms with Crippen LogP contribution in [0.4, 0.5) is 0 Å². The molecule has 0 heteroatoms. The van der Waals surface area contributed by atoms with Gasteiger partial charge in [0.25, 0.3) is 0 Å². The summed E-state index contributed by atoms with van der Waals surface area (Å²) in [5, 5.41) is 0. The van der Waals surface area contributed by atoms with Crippen molar-refractivity contribution in [3.8, 4) is 0 Å². The van der Waals surface area contributed by atoms with Gasteiger partial charge in [-0.1, -0.05) is 134 Å². The molecule has 0 saturated carbocycles. The summed E-state index contributed by atoms with van der Waals surface area (Å²) >= 11 is 0. The first-order valence-corrected chi connectivity index (χ1v) is 9.84. The van der Waals surface area contributed by atoms with Crippen molar-refractivity contribution in [2.75, 3.05) is 0 Å². The standard InChI is InChI=1S/C17H16.4C2H6/c1-2-6-15-9-12-17(13-10-15)14-11-16-7-4-3-5-8-16;4*1-2/h2-14H,1H3;4*1-2H3/b6-2+,14-11+;;;;. The molecule has 2 aromatic carbocycles. The van der Waals surface area contributed by atoms with Gasteiger partial charge in [0.2, 0.25) is 0 Å². The topological polar surface area (TPSA) is 0 Å². The first-order chi connectivity index (χ1) is 12.4. The molecule has 0 radical (unpaired) electrons. The minimum absolute atomic E-state index is 1.22. The van der Waals surface area contributed by atoms with E-state index in [9.17, 15) is 0 Å². The number of rotatable bonds is 3. The Bertz CT molecular complexity index is 501. The molecule has 0 aliphatic carbocycles. The lowest BCUT2D eigenvalue weighted by molar-refractivity contribution is 1.50. The average Bonchev–Trinajstić information content (AvgIpc) is 2.74. The lowest BCUT2D eigenvalue weighted by Gasteiger charge is -1.96. The van der Waals surface area contributed by atoms with E-state index in [1.165, 1.54) is 16.7 Å². The van der Waals surface area contributed by atoms with Crippen LogP contribution in [0.25, 0.3) is 18.2 Å². The number of hydrogen-bond donors (Lipinski definition) is 0. The molecule has 0 spiro atoms. The van der Waals surface area contributed by atoms with Crippen LogP contribution >= 0.6 is 0 Å². The molecule has 0 amide bonds. The summed E-state index contributed by atoms with van der Waals surface area (Å²) in [6, 6.07) is 18.9. The van der Waals surface area contributed by atoms with Gasteiger partial charge in [-0.05, 0) is 23.6 Å². The highest BCUT2D eigenvalue weighted by Crippen LogP contribution is 2.10. The SMILES string of the molecule is C/C=C/c1ccc(/C=C/c2ccccc2)cc1.CC.CC.CC.CC. The molecule has 0 heterocycles. The second-order valence-corrected chi connectivity index (χ2v) is 3.91. The first-order valence-electron chi connectivity index (χ1n) is 9.84. The Labute approximate surface area is 158 Å². The van der Waals surface area contributed by atoms with Crippen LogP contribution in [0.1, 0.15) is 79.0 Å². The summed E-state index contributed by atoms with van der Waals surface area (Å²) in [6.45, 7) is 18.0. The van der Waals surface area contributed by atoms with Crippen LogP contribution in [0.15, 0.2) is 60.7 Å². The van der Waals surface area contributed by atoms with Crippen molar-refractivity contribution >= 4 is 18.2 Å². The monoisotopic (exact) mass is 340 g/mol. The highest BCUT2D eigenvalue weighted by Gasteiger charge is 1.88. The van der Waals surface area contributed by atoms with Crippen molar-refractivity contribution in [2.24, 2.45) is 0 Å². The third-order valence-corrected chi connectivity index (χ3v) is 2.56. The van der Waals surface area contributed by atoms with E-state index in [1.54, 1.807) is 0 Å². The predicted molar refractivity (Wildman–Crippen MR) is 122 cm³/mol. The summed E-state index contributed by atoms with van der Waals surface area (Å²) in [5.74, 6) is 0. The van der Waals surface area contributed by atoms with Crippen LogP contribution in [0.3, 0.4) is 0 Å². The molecule has 0 aliphatic heterocycles. The highest BCUT2D eigenvalue weighted by molar-refractivity contribution is 5.70. The fourth-order valence-corrected chi connectivity index (χ4v) is 1.67. The second-order valence-electron chi connectivity index (χ2n) is 3.91. The number of hydrogen-bond acceptors (Lipinski definition) is 0. The molecule has 0 bridgehead atoms. The van der Waals surface area contributed by atoms with Crippen LogP contribution in [0, 0.1) is 0 Å². The molecule has 0 aromatic heterocycles. The summed E-state index contributed by atoms with van der Waals surface area (Å²) in [4.78, 5) is 0. The molecular weight excluding hydrogens is 300 g/mol. The fourth-order valence-electron chi connectivity index (χ4n) is 1.67. The Kier molecular flexibility index (Phi) is 26.8. The third kappa shape index (κ3) is 15.2. The Morgan fingerprint density at radius 3 is 1.12 bits per heavy atom. The van der Waals surface area contributed by atoms with Gasteiger partial charge >= 0.3 is 0 Å². The van der Waals surface area contributed by atoms with E-state index >= 15 is 0 Å². The maximum atomic E-state index is 2.13. The predicted octanol–water partition coefficient (Wildman–Crippen LogP) is 8.99. The largest absolute Gasteiger partial charge is 0.0871 e. The van der Waals surface area contributed by atoms with Crippen LogP contribution in [-0.2, 0) is 0 Å². The van der Waals surface area contributed by atoms with Crippen LogP contribution < -0.4 is 0 Å². The Morgan fingerprint density at radius 2 is 0.760 bits per heavy atom. The van der Waals surface area contributed by atoms with E-state index in [2.05, 4.69) is 72.8 Å². The zero-order valence-corrected chi connectivity index (χ0v) is 18.0. The van der Waals surface area contributed by atoms with E-state index in [-0.39, 0.29) is 0 Å². The molecule has 2 rings (SSSR count). The van der Waals surface area contributed by atoms with Crippen molar-refractivity contribution in [2.45, 2.75) is 62.3 Å². The zero-order valence-electron chi connectivity index (χ0n) is 18.0. The van der Waals surface area contributed by atoms with Gasteiger partial charge in [0.15, 0.2) is 0 Å². The van der Waals surface area contributed by atoms with Crippen LogP contribution in [0.5, 0.6) is 0 Å². The smallest absolute Gasteiger partial charge is 0.0256 e. The lowest BCUT2D eigenvalue weighted by Crippen LogP contribution is -1.74. The van der Waals surface area contributed by atoms with Gasteiger partial charge in [-0.2, -0.15) is 0 Å². The highest BCUT2D eigenvalue weighted by atomic mass is 13.9. The quantitative estimate of drug-likeness (QED) is 0.489. The van der Waals surface area contributed by atoms with Gasteiger partial charge in [-0.15, -0.1) is 0 Å². The molecule has 0 atom stereocenters. The van der Waals surface area contributed by atoms with Crippen molar-refractivity contribution in [1.29, 1.82) is 0 Å². The minimum Gasteiger partial charge on any atom is -0.0871 e. The summed E-state index contributed by atoms with van der Waals surface area (Å²) < 4.78 is 0. The fraction of sp³-hybridized carbons (Fsp3) is 0.360. The normalized spacial score (nSPS) is 8.68. The molecule has 0 saturated heterocycles. The molecule has 0 unspecified atom stereocenters. The van der Waals surface area contributed by atoms with Gasteiger partial charge in [-0.3, -0.25) is 0 Å². The zero-order chi connectivity index (χ0) is 19.9. The van der Waals surface area contributed by atoms with E-state index in [4.69, 9.17) is 0 Å². The van der Waals surface area contributed by atoms with Crippen molar-refractivity contribution in [3.05, 3.63) is 77.4 Å².